The summed E-state index contributed by atoms with van der Waals surface area (Å²) < 4.78 is 5.20. The molecule has 0 unspecified atom stereocenters. The van der Waals surface area contributed by atoms with Crippen molar-refractivity contribution in [1.82, 2.24) is 36.4 Å². The largest absolute Gasteiger partial charge is 0.480 e. The Morgan fingerprint density at radius 3 is 1.31 bits per heavy atom. The first-order valence-electron chi connectivity index (χ1n) is 39.3. The summed E-state index contributed by atoms with van der Waals surface area (Å²) in [5.41, 5.74) is 20.8. The molecule has 23 nitrogen and oxygen atoms in total. The molecule has 2 aliphatic heterocycles. The number of piperidine rings is 2. The highest BCUT2D eigenvalue weighted by molar-refractivity contribution is 5.96. The van der Waals surface area contributed by atoms with Gasteiger partial charge in [-0.05, 0) is 170 Å². The lowest BCUT2D eigenvalue weighted by atomic mass is 9.86. The number of ether oxygens (including phenoxy) is 1. The van der Waals surface area contributed by atoms with Gasteiger partial charge in [-0.3, -0.25) is 43.2 Å². The van der Waals surface area contributed by atoms with Crippen molar-refractivity contribution < 1.29 is 62.6 Å². The predicted octanol–water partition coefficient (Wildman–Crippen LogP) is 9.95. The average molecular weight is 1500 g/mol. The molecule has 0 spiro atoms. The number of alkyl carbamates (subject to hydrolysis) is 1. The first kappa shape index (κ1) is 91.7. The number of amides is 7. The molecule has 0 aliphatic carbocycles. The fraction of sp³-hybridized carbons (Fsp3) is 0.588. The Morgan fingerprint density at radius 2 is 0.889 bits per heavy atom. The maximum absolute atomic E-state index is 14.0. The zero-order chi connectivity index (χ0) is 79.7. The monoisotopic (exact) mass is 1500 g/mol. The number of Topliss-reactive ketones (excluding diaryl/α,β-unsaturated/α-hetero) is 3. The van der Waals surface area contributed by atoms with Crippen LogP contribution in [-0.4, -0.2) is 161 Å². The molecule has 8 atom stereocenters. The number of hydrogen-bond acceptors (Lipinski definition) is 15. The quantitative estimate of drug-likeness (QED) is 0.0187. The number of nitrogens with one attached hydrogen (secondary N) is 5. The number of carboxylic acids is 1. The molecule has 2 aliphatic rings. The highest BCUT2D eigenvalue weighted by atomic mass is 16.6. The molecule has 7 amide bonds. The molecule has 2 heterocycles. The summed E-state index contributed by atoms with van der Waals surface area (Å²) in [7, 11) is 0. The number of unbranched alkanes of at least 4 members (excludes halogenated alkanes) is 2. The zero-order valence-corrected chi connectivity index (χ0v) is 66.0. The van der Waals surface area contributed by atoms with Crippen molar-refractivity contribution in [3.05, 3.63) is 144 Å². The molecule has 12 N–H and O–H groups in total. The van der Waals surface area contributed by atoms with E-state index in [-0.39, 0.29) is 96.8 Å². The van der Waals surface area contributed by atoms with Gasteiger partial charge in [0, 0.05) is 88.6 Å². The highest BCUT2D eigenvalue weighted by Gasteiger charge is 2.35. The first-order valence-corrected chi connectivity index (χ1v) is 39.3. The number of carboxylic acid groups (broad SMARTS) is 1. The van der Waals surface area contributed by atoms with Crippen LogP contribution in [0.2, 0.25) is 0 Å². The van der Waals surface area contributed by atoms with Crippen LogP contribution in [-0.2, 0) is 78.4 Å². The maximum atomic E-state index is 14.0. The number of nitrogens with zero attached hydrogens (tertiary/aromatic N) is 2. The highest BCUT2D eigenvalue weighted by Crippen LogP contribution is 2.26. The number of likely N-dealkylation sites (tertiary alicyclic amines) is 2. The summed E-state index contributed by atoms with van der Waals surface area (Å²) in [5.74, 6) is -4.34. The molecule has 6 rings (SSSR count). The number of ketones is 3. The van der Waals surface area contributed by atoms with Crippen molar-refractivity contribution in [3.63, 3.8) is 0 Å². The van der Waals surface area contributed by atoms with E-state index in [9.17, 15) is 57.8 Å². The maximum Gasteiger partial charge on any atom is 0.407 e. The summed E-state index contributed by atoms with van der Waals surface area (Å²) in [6, 6.07) is 33.9. The lowest BCUT2D eigenvalue weighted by Crippen LogP contribution is -2.51. The van der Waals surface area contributed by atoms with E-state index in [1.165, 1.54) is 0 Å². The minimum atomic E-state index is -1.17. The Kier molecular flexibility index (Phi) is 41.9. The number of carbonyl (C=O) groups is 11. The smallest absolute Gasteiger partial charge is 0.407 e. The van der Waals surface area contributed by atoms with Crippen LogP contribution < -0.4 is 43.8 Å². The van der Waals surface area contributed by atoms with Gasteiger partial charge >= 0.3 is 12.1 Å². The summed E-state index contributed by atoms with van der Waals surface area (Å²) in [6.07, 6.45) is 9.31. The van der Waals surface area contributed by atoms with Crippen molar-refractivity contribution in [1.29, 1.82) is 0 Å². The van der Waals surface area contributed by atoms with Crippen molar-refractivity contribution in [3.8, 4) is 0 Å². The van der Waals surface area contributed by atoms with E-state index in [2.05, 4.69) is 26.6 Å². The molecular formula is C85H128N10O13. The van der Waals surface area contributed by atoms with Crippen LogP contribution in [0.25, 0.3) is 0 Å². The predicted molar refractivity (Wildman–Crippen MR) is 423 cm³/mol. The first-order chi connectivity index (χ1) is 51.4. The van der Waals surface area contributed by atoms with E-state index >= 15 is 0 Å². The van der Waals surface area contributed by atoms with Gasteiger partial charge in [-0.25, -0.2) is 9.59 Å². The van der Waals surface area contributed by atoms with Gasteiger partial charge in [0.2, 0.25) is 35.4 Å². The topological polar surface area (TPSA) is 362 Å². The number of hydrogen-bond donors (Lipinski definition) is 9. The molecule has 2 saturated heterocycles. The van der Waals surface area contributed by atoms with Crippen LogP contribution in [0.5, 0.6) is 0 Å². The number of aliphatic carboxylic acids is 1. The number of nitrogens with two attached hydrogens (primary N) is 3. The van der Waals surface area contributed by atoms with Gasteiger partial charge in [-0.15, -0.1) is 0 Å². The fourth-order valence-electron chi connectivity index (χ4n) is 13.3. The third kappa shape index (κ3) is 36.5. The third-order valence-corrected chi connectivity index (χ3v) is 19.4. The van der Waals surface area contributed by atoms with Crippen molar-refractivity contribution >= 4 is 64.9 Å². The molecule has 4 aromatic rings. The SMILES string of the molecule is CC(C)C[C@@H](CC(=O)[C@@H](Cc1ccccc1)NC(=O)[C@H](C)Cc1ccccc1)C(=O)N[C@H](CCCCNC(=O)OC(C)(C)C)C(=O)O.CCC(=O)N1CCC(CC(=O)[C@@H](CCCCN)NC(=O)[C@H](CC(=O)[C@@H](Cc2ccccc2)NC(=O)[C@H](N)Cc2ccccc2)CC(C)C)CC1.CCC(=O)N1CCC(N)CC1. The van der Waals surface area contributed by atoms with Gasteiger partial charge in [-0.2, -0.15) is 0 Å². The molecule has 596 valence electrons. The van der Waals surface area contributed by atoms with Crippen molar-refractivity contribution in [2.24, 2.45) is 52.7 Å². The summed E-state index contributed by atoms with van der Waals surface area (Å²) >= 11 is 0. The second-order valence-corrected chi connectivity index (χ2v) is 31.0. The van der Waals surface area contributed by atoms with Gasteiger partial charge in [0.05, 0.1) is 24.2 Å². The van der Waals surface area contributed by atoms with E-state index in [0.29, 0.717) is 103 Å². The Labute approximate surface area is 642 Å². The van der Waals surface area contributed by atoms with Crippen LogP contribution in [0.4, 0.5) is 4.79 Å². The molecule has 2 fully saturated rings. The van der Waals surface area contributed by atoms with E-state index in [1.54, 1.807) is 20.8 Å². The minimum Gasteiger partial charge on any atom is -0.480 e. The van der Waals surface area contributed by atoms with Gasteiger partial charge in [0.15, 0.2) is 17.3 Å². The molecule has 4 aromatic carbocycles. The van der Waals surface area contributed by atoms with Crippen LogP contribution >= 0.6 is 0 Å². The lowest BCUT2D eigenvalue weighted by Gasteiger charge is -2.32. The Morgan fingerprint density at radius 1 is 0.500 bits per heavy atom. The number of benzene rings is 4. The average Bonchev–Trinajstić information content (AvgIpc) is 0.858. The van der Waals surface area contributed by atoms with Crippen LogP contribution in [0.3, 0.4) is 0 Å². The van der Waals surface area contributed by atoms with Crippen LogP contribution in [0, 0.1) is 35.5 Å². The standard InChI is InChI=1S/C40H59N5O5.C37H53N3O7.C8H16N2O/c1-4-38(48)45-21-18-31(19-22-45)26-36(46)34(17-11-12-20-41)43-39(49)32(23-28(2)3)27-37(47)35(25-30-15-9-6-10-16-30)44-40(50)33(42)24-29-13-7-5-8-14-29;1-25(2)21-29(34(43)39-30(35(44)45)19-13-14-20-38-36(46)47-37(4,5)6)24-32(41)31(23-28-17-11-8-12-18-28)40-33(42)26(3)22-27-15-9-7-10-16-27;1-2-8(11)10-5-3-7(9)4-6-10/h5-10,13-16,28,31-35H,4,11-12,17-27,41-42H2,1-3H3,(H,43,49)(H,44,50);7-12,15-18,25-26,29-31H,13-14,19-24H2,1-6H3,(H,38,46)(H,39,43)(H,40,42)(H,44,45);7H,2-6,9H2,1H3/t32-,33+,34+,35+;26-,29+,30-,31-;/m01./s1. The third-order valence-electron chi connectivity index (χ3n) is 19.4. The fourth-order valence-corrected chi connectivity index (χ4v) is 13.3. The number of carbonyl (C=O) groups excluding carboxylic acids is 10. The van der Waals surface area contributed by atoms with Gasteiger partial charge in [-0.1, -0.05) is 170 Å². The van der Waals surface area contributed by atoms with Crippen LogP contribution in [0.15, 0.2) is 121 Å². The van der Waals surface area contributed by atoms with Gasteiger partial charge in [0.25, 0.3) is 0 Å². The zero-order valence-electron chi connectivity index (χ0n) is 66.0. The summed E-state index contributed by atoms with van der Waals surface area (Å²) in [6.45, 7) is 22.5. The molecule has 0 bridgehead atoms. The lowest BCUT2D eigenvalue weighted by molar-refractivity contribution is -0.143. The molecule has 108 heavy (non-hydrogen) atoms. The molecule has 23 heteroatoms. The summed E-state index contributed by atoms with van der Waals surface area (Å²) in [4.78, 5) is 146. The Bertz CT molecular complexity index is 3380. The molecule has 0 saturated carbocycles. The van der Waals surface area contributed by atoms with Crippen molar-refractivity contribution in [2.75, 3.05) is 39.3 Å². The Balaban J connectivity index is 0.000000399. The van der Waals surface area contributed by atoms with E-state index in [4.69, 9.17) is 21.9 Å². The number of rotatable bonds is 41. The van der Waals surface area contributed by atoms with E-state index in [1.807, 2.05) is 180 Å². The van der Waals surface area contributed by atoms with Crippen molar-refractivity contribution in [2.45, 2.75) is 246 Å². The van der Waals surface area contributed by atoms with Crippen LogP contribution in [0.1, 0.15) is 201 Å². The van der Waals surface area contributed by atoms with E-state index in [0.717, 1.165) is 67.4 Å². The van der Waals surface area contributed by atoms with Gasteiger partial charge < -0.3 is 63.4 Å². The van der Waals surface area contributed by atoms with E-state index < -0.39 is 71.5 Å². The molecular weight excluding hydrogens is 1370 g/mol. The minimum absolute atomic E-state index is 0.0214. The molecule has 0 aromatic heterocycles. The van der Waals surface area contributed by atoms with Gasteiger partial charge in [0.1, 0.15) is 11.6 Å². The normalized spacial score (nSPS) is 15.5. The second kappa shape index (κ2) is 49.4. The Hall–Kier alpha value is -8.67. The second-order valence-electron chi connectivity index (χ2n) is 31.0. The molecule has 0 radical (unpaired) electrons. The summed E-state index contributed by atoms with van der Waals surface area (Å²) in [5, 5.41) is 24.0.